The molecule has 1 aliphatic heterocycles. The Balaban J connectivity index is 2.27. The molecule has 0 bridgehead atoms. The van der Waals surface area contributed by atoms with E-state index >= 15 is 0 Å². The number of nitrogens with two attached hydrogens (primary N) is 1. The summed E-state index contributed by atoms with van der Waals surface area (Å²) < 4.78 is 6.35. The molecule has 0 unspecified atom stereocenters. The molecule has 2 aromatic carbocycles. The van der Waals surface area contributed by atoms with Crippen molar-refractivity contribution in [1.29, 1.82) is 5.26 Å². The second-order valence-corrected chi connectivity index (χ2v) is 5.52. The van der Waals surface area contributed by atoms with Crippen molar-refractivity contribution >= 4 is 15.9 Å². The molecule has 0 saturated carbocycles. The topological polar surface area (TPSA) is 79.3 Å². The first-order valence-corrected chi connectivity index (χ1v) is 7.06. The average Bonchev–Trinajstić information content (AvgIpc) is 2.46. The molecular weight excluding hydrogens is 332 g/mol. The first kappa shape index (κ1) is 13.5. The van der Waals surface area contributed by atoms with Gasteiger partial charge in [0.2, 0.25) is 5.88 Å². The minimum atomic E-state index is -0.324. The monoisotopic (exact) mass is 342 g/mol. The summed E-state index contributed by atoms with van der Waals surface area (Å²) in [4.78, 5) is 0. The Morgan fingerprint density at radius 1 is 1.19 bits per heavy atom. The highest BCUT2D eigenvalue weighted by molar-refractivity contribution is 9.10. The van der Waals surface area contributed by atoms with Crippen LogP contribution >= 0.6 is 15.9 Å². The van der Waals surface area contributed by atoms with Gasteiger partial charge in [0.15, 0.2) is 0 Å². The largest absolute Gasteiger partial charge is 0.508 e. The summed E-state index contributed by atoms with van der Waals surface area (Å²) in [6.45, 7) is 0. The molecule has 0 aliphatic carbocycles. The molecule has 104 valence electrons. The van der Waals surface area contributed by atoms with Crippen molar-refractivity contribution < 1.29 is 9.84 Å². The lowest BCUT2D eigenvalue weighted by Gasteiger charge is -2.27. The average molecular weight is 343 g/mol. The second-order valence-electron chi connectivity index (χ2n) is 4.67. The number of hydrogen-bond donors (Lipinski definition) is 2. The molecule has 3 N–H and O–H groups in total. The van der Waals surface area contributed by atoms with E-state index in [9.17, 15) is 10.4 Å². The Morgan fingerprint density at radius 3 is 2.67 bits per heavy atom. The third kappa shape index (κ3) is 2.24. The first-order valence-electron chi connectivity index (χ1n) is 6.26. The molecule has 1 atom stereocenters. The van der Waals surface area contributed by atoms with E-state index in [1.165, 1.54) is 6.07 Å². The van der Waals surface area contributed by atoms with Crippen LogP contribution in [0, 0.1) is 11.3 Å². The van der Waals surface area contributed by atoms with Crippen molar-refractivity contribution in [2.24, 2.45) is 5.73 Å². The third-order valence-electron chi connectivity index (χ3n) is 3.42. The molecule has 0 radical (unpaired) electrons. The Bertz CT molecular complexity index is 793. The molecule has 1 heterocycles. The Labute approximate surface area is 130 Å². The zero-order chi connectivity index (χ0) is 15.0. The number of rotatable bonds is 1. The summed E-state index contributed by atoms with van der Waals surface area (Å²) in [5.74, 6) is 0.298. The lowest BCUT2D eigenvalue weighted by atomic mass is 9.83. The predicted octanol–water partition coefficient (Wildman–Crippen LogP) is 3.37. The quantitative estimate of drug-likeness (QED) is 0.832. The van der Waals surface area contributed by atoms with Gasteiger partial charge >= 0.3 is 0 Å². The summed E-state index contributed by atoms with van der Waals surface area (Å²) >= 11 is 3.51. The van der Waals surface area contributed by atoms with Crippen molar-refractivity contribution in [3.05, 3.63) is 69.5 Å². The Morgan fingerprint density at radius 2 is 1.95 bits per heavy atom. The van der Waals surface area contributed by atoms with Gasteiger partial charge in [0.05, 0.1) is 5.92 Å². The number of nitrogens with zero attached hydrogens (tertiary/aromatic N) is 1. The highest BCUT2D eigenvalue weighted by Crippen LogP contribution is 2.44. The van der Waals surface area contributed by atoms with E-state index in [1.807, 2.05) is 24.3 Å². The predicted molar refractivity (Wildman–Crippen MR) is 81.5 cm³/mol. The molecule has 0 saturated heterocycles. The maximum absolute atomic E-state index is 9.60. The van der Waals surface area contributed by atoms with E-state index in [-0.39, 0.29) is 17.6 Å². The molecule has 5 heteroatoms. The van der Waals surface area contributed by atoms with E-state index < -0.39 is 0 Å². The normalized spacial score (nSPS) is 16.9. The van der Waals surface area contributed by atoms with Crippen LogP contribution in [0.5, 0.6) is 11.5 Å². The summed E-state index contributed by atoms with van der Waals surface area (Å²) in [6.07, 6.45) is 0. The zero-order valence-corrected chi connectivity index (χ0v) is 12.5. The van der Waals surface area contributed by atoms with Crippen LogP contribution in [0.1, 0.15) is 17.0 Å². The lowest BCUT2D eigenvalue weighted by molar-refractivity contribution is 0.388. The van der Waals surface area contributed by atoms with Crippen LogP contribution in [0.3, 0.4) is 0 Å². The van der Waals surface area contributed by atoms with Gasteiger partial charge in [0.1, 0.15) is 23.1 Å². The highest BCUT2D eigenvalue weighted by Gasteiger charge is 2.31. The smallest absolute Gasteiger partial charge is 0.205 e. The van der Waals surface area contributed by atoms with Crippen molar-refractivity contribution in [2.75, 3.05) is 0 Å². The van der Waals surface area contributed by atoms with Gasteiger partial charge in [-0.3, -0.25) is 0 Å². The highest BCUT2D eigenvalue weighted by atomic mass is 79.9. The fourth-order valence-corrected chi connectivity index (χ4v) is 2.99. The number of benzene rings is 2. The van der Waals surface area contributed by atoms with Gasteiger partial charge in [-0.05, 0) is 17.7 Å². The number of nitriles is 1. The van der Waals surface area contributed by atoms with Crippen LogP contribution in [0.4, 0.5) is 0 Å². The van der Waals surface area contributed by atoms with E-state index in [4.69, 9.17) is 10.5 Å². The fraction of sp³-hybridized carbons (Fsp3) is 0.0625. The van der Waals surface area contributed by atoms with Gasteiger partial charge < -0.3 is 15.6 Å². The summed E-state index contributed by atoms with van der Waals surface area (Å²) in [6, 6.07) is 14.6. The van der Waals surface area contributed by atoms with E-state index in [1.54, 1.807) is 12.1 Å². The van der Waals surface area contributed by atoms with Crippen LogP contribution in [0.2, 0.25) is 0 Å². The number of phenolic OH excluding ortho intramolecular Hbond substituents is 1. The second kappa shape index (κ2) is 5.15. The Hall–Kier alpha value is -2.45. The van der Waals surface area contributed by atoms with E-state index in [0.717, 1.165) is 15.6 Å². The number of phenols is 1. The van der Waals surface area contributed by atoms with E-state index in [2.05, 4.69) is 22.0 Å². The maximum atomic E-state index is 9.60. The number of fused-ring (bicyclic) bond motifs is 1. The molecule has 0 fully saturated rings. The molecule has 4 nitrogen and oxygen atoms in total. The van der Waals surface area contributed by atoms with E-state index in [0.29, 0.717) is 11.3 Å². The molecule has 0 spiro atoms. The molecule has 2 aromatic rings. The van der Waals surface area contributed by atoms with Crippen LogP contribution in [-0.4, -0.2) is 5.11 Å². The SMILES string of the molecule is N#CC1=C(N)Oc2cc(O)ccc2[C@H]1c1ccccc1Br. The number of hydrogen-bond acceptors (Lipinski definition) is 4. The summed E-state index contributed by atoms with van der Waals surface area (Å²) in [5, 5.41) is 19.0. The van der Waals surface area contributed by atoms with Crippen molar-refractivity contribution in [1.82, 2.24) is 0 Å². The number of halogens is 1. The molecule has 21 heavy (non-hydrogen) atoms. The zero-order valence-electron chi connectivity index (χ0n) is 10.9. The minimum absolute atomic E-state index is 0.0661. The van der Waals surface area contributed by atoms with Crippen LogP contribution in [0.15, 0.2) is 58.4 Å². The van der Waals surface area contributed by atoms with Crippen molar-refractivity contribution in [2.45, 2.75) is 5.92 Å². The standard InChI is InChI=1S/C16H11BrN2O2/c17-13-4-2-1-3-10(13)15-11-6-5-9(20)7-14(11)21-16(19)12(15)8-18/h1-7,15,20H,19H2/t15-/m1/s1. The lowest BCUT2D eigenvalue weighted by Crippen LogP contribution is -2.21. The molecule has 3 rings (SSSR count). The van der Waals surface area contributed by atoms with Crippen LogP contribution in [-0.2, 0) is 0 Å². The summed E-state index contributed by atoms with van der Waals surface area (Å²) in [5.41, 5.74) is 7.95. The first-order chi connectivity index (χ1) is 10.1. The van der Waals surface area contributed by atoms with Crippen molar-refractivity contribution in [3.63, 3.8) is 0 Å². The van der Waals surface area contributed by atoms with Gasteiger partial charge in [-0.15, -0.1) is 0 Å². The molecule has 0 amide bonds. The Kier molecular flexibility index (Phi) is 3.32. The number of allylic oxidation sites excluding steroid dienone is 1. The number of aromatic hydroxyl groups is 1. The van der Waals surface area contributed by atoms with Crippen LogP contribution < -0.4 is 10.5 Å². The minimum Gasteiger partial charge on any atom is -0.508 e. The van der Waals surface area contributed by atoms with Gasteiger partial charge in [0.25, 0.3) is 0 Å². The van der Waals surface area contributed by atoms with Gasteiger partial charge in [0, 0.05) is 16.1 Å². The molecule has 1 aliphatic rings. The van der Waals surface area contributed by atoms with Gasteiger partial charge in [-0.25, -0.2) is 0 Å². The molecular formula is C16H11BrN2O2. The molecule has 0 aromatic heterocycles. The van der Waals surface area contributed by atoms with Crippen LogP contribution in [0.25, 0.3) is 0 Å². The maximum Gasteiger partial charge on any atom is 0.205 e. The fourth-order valence-electron chi connectivity index (χ4n) is 2.47. The van der Waals surface area contributed by atoms with Gasteiger partial charge in [-0.1, -0.05) is 40.2 Å². The summed E-state index contributed by atoms with van der Waals surface area (Å²) in [7, 11) is 0. The van der Waals surface area contributed by atoms with Crippen molar-refractivity contribution in [3.8, 4) is 17.6 Å². The number of ether oxygens (including phenoxy) is 1. The third-order valence-corrected chi connectivity index (χ3v) is 4.14. The van der Waals surface area contributed by atoms with Gasteiger partial charge in [-0.2, -0.15) is 5.26 Å².